The molecule has 0 saturated heterocycles. The van der Waals surface area contributed by atoms with Crippen molar-refractivity contribution < 1.29 is 14.3 Å². The molecule has 1 N–H and O–H groups in total. The van der Waals surface area contributed by atoms with Gasteiger partial charge in [-0.25, -0.2) is 0 Å². The maximum atomic E-state index is 12.0. The Morgan fingerprint density at radius 1 is 1.08 bits per heavy atom. The van der Waals surface area contributed by atoms with Crippen LogP contribution in [0.25, 0.3) is 6.08 Å². The SMILES string of the molecule is COc1cc(C=CC(=O)Nc2cc(Cl)cc(Cl)c2)cc(Br)c1OC. The first-order valence-electron chi connectivity index (χ1n) is 6.79. The summed E-state index contributed by atoms with van der Waals surface area (Å²) in [5.41, 5.74) is 1.30. The summed E-state index contributed by atoms with van der Waals surface area (Å²) in [6, 6.07) is 8.42. The highest BCUT2D eigenvalue weighted by Crippen LogP contribution is 2.36. The third kappa shape index (κ3) is 4.90. The van der Waals surface area contributed by atoms with Gasteiger partial charge in [-0.3, -0.25) is 4.79 Å². The summed E-state index contributed by atoms with van der Waals surface area (Å²) in [5, 5.41) is 3.60. The molecule has 0 atom stereocenters. The zero-order valence-corrected chi connectivity index (χ0v) is 16.0. The van der Waals surface area contributed by atoms with Gasteiger partial charge < -0.3 is 14.8 Å². The lowest BCUT2D eigenvalue weighted by Gasteiger charge is -2.10. The molecule has 4 nitrogen and oxygen atoms in total. The minimum atomic E-state index is -0.306. The average molecular weight is 431 g/mol. The van der Waals surface area contributed by atoms with E-state index in [1.165, 1.54) is 6.08 Å². The summed E-state index contributed by atoms with van der Waals surface area (Å²) in [4.78, 5) is 12.0. The number of benzene rings is 2. The first kappa shape index (κ1) is 18.6. The fourth-order valence-corrected chi connectivity index (χ4v) is 3.16. The van der Waals surface area contributed by atoms with Crippen LogP contribution in [0.15, 0.2) is 40.9 Å². The minimum absolute atomic E-state index is 0.306. The molecule has 2 aromatic rings. The summed E-state index contributed by atoms with van der Waals surface area (Å²) in [6.07, 6.45) is 3.07. The molecule has 24 heavy (non-hydrogen) atoms. The molecule has 0 heterocycles. The zero-order chi connectivity index (χ0) is 17.7. The highest BCUT2D eigenvalue weighted by molar-refractivity contribution is 9.10. The number of ether oxygens (including phenoxy) is 2. The maximum absolute atomic E-state index is 12.0. The van der Waals surface area contributed by atoms with E-state index in [1.807, 2.05) is 6.07 Å². The Morgan fingerprint density at radius 3 is 2.33 bits per heavy atom. The molecule has 0 aliphatic rings. The molecule has 7 heteroatoms. The quantitative estimate of drug-likeness (QED) is 0.643. The number of amides is 1. The molecule has 0 radical (unpaired) electrons. The number of anilines is 1. The summed E-state index contributed by atoms with van der Waals surface area (Å²) >= 11 is 15.2. The Morgan fingerprint density at radius 2 is 1.75 bits per heavy atom. The third-order valence-electron chi connectivity index (χ3n) is 3.01. The summed E-state index contributed by atoms with van der Waals surface area (Å²) in [6.45, 7) is 0. The Hall–Kier alpha value is -1.69. The van der Waals surface area contributed by atoms with Gasteiger partial charge in [0.2, 0.25) is 5.91 Å². The fourth-order valence-electron chi connectivity index (χ4n) is 2.02. The predicted molar refractivity (Wildman–Crippen MR) is 101 cm³/mol. The van der Waals surface area contributed by atoms with Crippen LogP contribution in [0.4, 0.5) is 5.69 Å². The molecule has 0 unspecified atom stereocenters. The molecule has 0 aromatic heterocycles. The smallest absolute Gasteiger partial charge is 0.248 e. The second-order valence-electron chi connectivity index (χ2n) is 4.72. The molecular formula is C17H14BrCl2NO3. The molecule has 2 aromatic carbocycles. The lowest BCUT2D eigenvalue weighted by atomic mass is 10.2. The van der Waals surface area contributed by atoms with Gasteiger partial charge >= 0.3 is 0 Å². The molecule has 0 bridgehead atoms. The fraction of sp³-hybridized carbons (Fsp3) is 0.118. The normalized spacial score (nSPS) is 10.7. The van der Waals surface area contributed by atoms with Crippen LogP contribution >= 0.6 is 39.1 Å². The van der Waals surface area contributed by atoms with E-state index in [1.54, 1.807) is 44.6 Å². The number of methoxy groups -OCH3 is 2. The van der Waals surface area contributed by atoms with Crippen LogP contribution in [0.3, 0.4) is 0 Å². The number of hydrogen-bond acceptors (Lipinski definition) is 3. The van der Waals surface area contributed by atoms with Crippen molar-refractivity contribution in [1.82, 2.24) is 0 Å². The molecule has 0 aliphatic heterocycles. The van der Waals surface area contributed by atoms with Gasteiger partial charge in [-0.15, -0.1) is 0 Å². The van der Waals surface area contributed by atoms with Crippen LogP contribution in [-0.2, 0) is 4.79 Å². The van der Waals surface area contributed by atoms with Crippen molar-refractivity contribution in [2.45, 2.75) is 0 Å². The van der Waals surface area contributed by atoms with Crippen LogP contribution in [-0.4, -0.2) is 20.1 Å². The monoisotopic (exact) mass is 429 g/mol. The van der Waals surface area contributed by atoms with Gasteiger partial charge in [-0.2, -0.15) is 0 Å². The first-order valence-corrected chi connectivity index (χ1v) is 8.34. The summed E-state index contributed by atoms with van der Waals surface area (Å²) in [5.74, 6) is 0.848. The first-order chi connectivity index (χ1) is 11.4. The van der Waals surface area contributed by atoms with Crippen molar-refractivity contribution in [2.75, 3.05) is 19.5 Å². The Labute approximate surface area is 158 Å². The standard InChI is InChI=1S/C17H14BrCl2NO3/c1-23-15-6-10(5-14(18)17(15)24-2)3-4-16(22)21-13-8-11(19)7-12(20)9-13/h3-9H,1-2H3,(H,21,22). The average Bonchev–Trinajstić information content (AvgIpc) is 2.51. The van der Waals surface area contributed by atoms with Crippen molar-refractivity contribution in [2.24, 2.45) is 0 Å². The number of carbonyl (C=O) groups excluding carboxylic acids is 1. The van der Waals surface area contributed by atoms with Gasteiger partial charge in [0.25, 0.3) is 0 Å². The second kappa shape index (κ2) is 8.42. The molecule has 1 amide bonds. The lowest BCUT2D eigenvalue weighted by Crippen LogP contribution is -2.07. The van der Waals surface area contributed by atoms with E-state index in [-0.39, 0.29) is 5.91 Å². The summed E-state index contributed by atoms with van der Waals surface area (Å²) < 4.78 is 11.2. The molecule has 2 rings (SSSR count). The Bertz CT molecular complexity index is 773. The molecule has 0 saturated carbocycles. The topological polar surface area (TPSA) is 47.6 Å². The number of rotatable bonds is 5. The van der Waals surface area contributed by atoms with Crippen LogP contribution in [0, 0.1) is 0 Å². The molecule has 0 spiro atoms. The largest absolute Gasteiger partial charge is 0.493 e. The number of carbonyl (C=O) groups is 1. The van der Waals surface area contributed by atoms with Gasteiger partial charge in [0.05, 0.1) is 18.7 Å². The maximum Gasteiger partial charge on any atom is 0.248 e. The van der Waals surface area contributed by atoms with Gasteiger partial charge in [0.15, 0.2) is 11.5 Å². The minimum Gasteiger partial charge on any atom is -0.493 e. The lowest BCUT2D eigenvalue weighted by molar-refractivity contribution is -0.111. The van der Waals surface area contributed by atoms with Crippen molar-refractivity contribution in [3.05, 3.63) is 56.5 Å². The van der Waals surface area contributed by atoms with Gasteiger partial charge in [0, 0.05) is 21.8 Å². The zero-order valence-electron chi connectivity index (χ0n) is 12.9. The van der Waals surface area contributed by atoms with Crippen LogP contribution in [0.2, 0.25) is 10.0 Å². The van der Waals surface area contributed by atoms with Crippen molar-refractivity contribution in [1.29, 1.82) is 0 Å². The van der Waals surface area contributed by atoms with Crippen LogP contribution in [0.1, 0.15) is 5.56 Å². The molecule has 0 aliphatic carbocycles. The second-order valence-corrected chi connectivity index (χ2v) is 6.45. The Kier molecular flexibility index (Phi) is 6.54. The van der Waals surface area contributed by atoms with Crippen molar-refractivity contribution in [3.8, 4) is 11.5 Å². The number of nitrogens with one attached hydrogen (secondary N) is 1. The number of halogens is 3. The molecule has 126 valence electrons. The van der Waals surface area contributed by atoms with E-state index in [0.29, 0.717) is 27.2 Å². The number of hydrogen-bond donors (Lipinski definition) is 1. The molecule has 0 fully saturated rings. The van der Waals surface area contributed by atoms with E-state index in [2.05, 4.69) is 21.2 Å². The highest BCUT2D eigenvalue weighted by atomic mass is 79.9. The van der Waals surface area contributed by atoms with E-state index >= 15 is 0 Å². The summed E-state index contributed by atoms with van der Waals surface area (Å²) in [7, 11) is 3.11. The van der Waals surface area contributed by atoms with E-state index < -0.39 is 0 Å². The van der Waals surface area contributed by atoms with Gasteiger partial charge in [-0.05, 0) is 57.9 Å². The van der Waals surface area contributed by atoms with E-state index in [4.69, 9.17) is 32.7 Å². The molecular weight excluding hydrogens is 417 g/mol. The van der Waals surface area contributed by atoms with Crippen LogP contribution < -0.4 is 14.8 Å². The van der Waals surface area contributed by atoms with E-state index in [9.17, 15) is 4.79 Å². The van der Waals surface area contributed by atoms with Crippen molar-refractivity contribution in [3.63, 3.8) is 0 Å². The van der Waals surface area contributed by atoms with Crippen molar-refractivity contribution >= 4 is 56.8 Å². The third-order valence-corrected chi connectivity index (χ3v) is 4.04. The predicted octanol–water partition coefficient (Wildman–Crippen LogP) is 5.43. The highest BCUT2D eigenvalue weighted by Gasteiger charge is 2.09. The van der Waals surface area contributed by atoms with Gasteiger partial charge in [0.1, 0.15) is 0 Å². The van der Waals surface area contributed by atoms with Gasteiger partial charge in [-0.1, -0.05) is 23.2 Å². The van der Waals surface area contributed by atoms with Crippen LogP contribution in [0.5, 0.6) is 11.5 Å². The van der Waals surface area contributed by atoms with E-state index in [0.717, 1.165) is 10.0 Å². The Balaban J connectivity index is 2.15.